The van der Waals surface area contributed by atoms with Gasteiger partial charge < -0.3 is 5.11 Å². The number of hydrogen-bond acceptors (Lipinski definition) is 1. The average molecular weight is 264 g/mol. The lowest BCUT2D eigenvalue weighted by Crippen LogP contribution is -2.29. The van der Waals surface area contributed by atoms with Crippen LogP contribution in [0.2, 0.25) is 0 Å². The molecular formula is C16H40O2. The van der Waals surface area contributed by atoms with E-state index in [1.807, 2.05) is 0 Å². The fourth-order valence-electron chi connectivity index (χ4n) is 1.22. The molecule has 116 valence electrons. The molecule has 0 aromatic rings. The van der Waals surface area contributed by atoms with Crippen LogP contribution < -0.4 is 0 Å². The predicted octanol–water partition coefficient (Wildman–Crippen LogP) is 6.25. The van der Waals surface area contributed by atoms with Crippen molar-refractivity contribution >= 4 is 5.97 Å². The van der Waals surface area contributed by atoms with E-state index in [2.05, 4.69) is 34.6 Å². The summed E-state index contributed by atoms with van der Waals surface area (Å²) in [7, 11) is 0. The largest absolute Gasteiger partial charge is 0.481 e. The molecule has 0 saturated carbocycles. The summed E-state index contributed by atoms with van der Waals surface area (Å²) in [4.78, 5) is 10.3. The summed E-state index contributed by atoms with van der Waals surface area (Å²) in [6, 6.07) is 0. The topological polar surface area (TPSA) is 37.3 Å². The highest BCUT2D eigenvalue weighted by Crippen LogP contribution is 2.41. The Balaban J connectivity index is -0.000000141. The van der Waals surface area contributed by atoms with Gasteiger partial charge in [0.15, 0.2) is 0 Å². The molecule has 0 saturated heterocycles. The minimum absolute atomic E-state index is 0. The number of carboxylic acids is 1. The Bertz CT molecular complexity index is 188. The van der Waals surface area contributed by atoms with Crippen molar-refractivity contribution in [1.82, 2.24) is 0 Å². The van der Waals surface area contributed by atoms with Crippen LogP contribution in [0.3, 0.4) is 0 Å². The van der Waals surface area contributed by atoms with E-state index in [4.69, 9.17) is 5.11 Å². The van der Waals surface area contributed by atoms with Crippen molar-refractivity contribution in [1.29, 1.82) is 0 Å². The molecule has 0 fully saturated rings. The Morgan fingerprint density at radius 3 is 1.56 bits per heavy atom. The fraction of sp³-hybridized carbons (Fsp3) is 0.938. The Kier molecular flexibility index (Phi) is 19.6. The van der Waals surface area contributed by atoms with Crippen LogP contribution in [-0.2, 0) is 4.79 Å². The molecule has 0 aromatic carbocycles. The van der Waals surface area contributed by atoms with Crippen LogP contribution in [0.5, 0.6) is 0 Å². The molecule has 0 aliphatic carbocycles. The van der Waals surface area contributed by atoms with E-state index in [1.54, 1.807) is 0 Å². The normalized spacial score (nSPS) is 10.1. The Hall–Kier alpha value is -0.530. The second-order valence-corrected chi connectivity index (χ2v) is 5.73. The molecule has 0 atom stereocenters. The van der Waals surface area contributed by atoms with Gasteiger partial charge in [-0.15, -0.1) is 0 Å². The minimum Gasteiger partial charge on any atom is -0.481 e. The first-order valence-electron chi connectivity index (χ1n) is 5.38. The van der Waals surface area contributed by atoms with Crippen molar-refractivity contribution in [3.63, 3.8) is 0 Å². The number of carboxylic acid groups (broad SMARTS) is 1. The van der Waals surface area contributed by atoms with Gasteiger partial charge in [0.25, 0.3) is 0 Å². The molecule has 2 heteroatoms. The number of aliphatic carboxylic acids is 1. The fourth-order valence-corrected chi connectivity index (χ4v) is 1.22. The van der Waals surface area contributed by atoms with Crippen molar-refractivity contribution < 1.29 is 9.90 Å². The molecule has 0 bridgehead atoms. The molecule has 18 heavy (non-hydrogen) atoms. The second kappa shape index (κ2) is 11.6. The lowest BCUT2D eigenvalue weighted by atomic mass is 9.67. The monoisotopic (exact) mass is 264 g/mol. The molecular weight excluding hydrogens is 224 g/mol. The average Bonchev–Trinajstić information content (AvgIpc) is 1.95. The van der Waals surface area contributed by atoms with Gasteiger partial charge in [0.2, 0.25) is 0 Å². The van der Waals surface area contributed by atoms with Crippen molar-refractivity contribution in [3.8, 4) is 0 Å². The van der Waals surface area contributed by atoms with Crippen molar-refractivity contribution in [2.24, 2.45) is 10.8 Å². The van der Waals surface area contributed by atoms with Crippen LogP contribution >= 0.6 is 0 Å². The molecule has 0 unspecified atom stereocenters. The quantitative estimate of drug-likeness (QED) is 0.596. The summed E-state index contributed by atoms with van der Waals surface area (Å²) in [5.74, 6) is -0.682. The van der Waals surface area contributed by atoms with Gasteiger partial charge in [-0.05, 0) is 23.7 Å². The zero-order chi connectivity index (χ0) is 11.4. The Labute approximate surface area is 117 Å². The third-order valence-electron chi connectivity index (χ3n) is 3.47. The highest BCUT2D eigenvalue weighted by molar-refractivity contribution is 5.66. The van der Waals surface area contributed by atoms with E-state index in [1.165, 1.54) is 0 Å². The minimum atomic E-state index is -0.682. The zero-order valence-electron chi connectivity index (χ0n) is 10.2. The molecule has 0 aliphatic heterocycles. The smallest absolute Gasteiger partial charge is 0.303 e. The zero-order valence-corrected chi connectivity index (χ0v) is 10.2. The van der Waals surface area contributed by atoms with E-state index >= 15 is 0 Å². The molecule has 0 heterocycles. The molecule has 0 spiro atoms. The van der Waals surface area contributed by atoms with Crippen LogP contribution in [-0.4, -0.2) is 11.1 Å². The van der Waals surface area contributed by atoms with Gasteiger partial charge >= 0.3 is 5.97 Å². The molecule has 0 aliphatic rings. The van der Waals surface area contributed by atoms with Crippen molar-refractivity contribution in [2.75, 3.05) is 0 Å². The maximum absolute atomic E-state index is 10.3. The molecule has 0 aromatic heterocycles. The van der Waals surface area contributed by atoms with Gasteiger partial charge in [-0.25, -0.2) is 0 Å². The first-order chi connectivity index (χ1) is 6.17. The Morgan fingerprint density at radius 1 is 0.889 bits per heavy atom. The third-order valence-corrected chi connectivity index (χ3v) is 3.47. The predicted molar refractivity (Wildman–Crippen MR) is 86.3 cm³/mol. The summed E-state index contributed by atoms with van der Waals surface area (Å²) in [5.41, 5.74) is 0.571. The second-order valence-electron chi connectivity index (χ2n) is 5.73. The van der Waals surface area contributed by atoms with Crippen LogP contribution in [0.25, 0.3) is 0 Å². The molecule has 0 rings (SSSR count). The Morgan fingerprint density at radius 2 is 1.28 bits per heavy atom. The van der Waals surface area contributed by atoms with Crippen LogP contribution in [0.1, 0.15) is 90.0 Å². The molecule has 2 nitrogen and oxygen atoms in total. The summed E-state index contributed by atoms with van der Waals surface area (Å²) in [5, 5.41) is 8.50. The maximum Gasteiger partial charge on any atom is 0.303 e. The summed E-state index contributed by atoms with van der Waals surface area (Å²) in [6.45, 7) is 11.2. The van der Waals surface area contributed by atoms with E-state index < -0.39 is 5.97 Å². The number of carbonyl (C=O) groups is 1. The lowest BCUT2D eigenvalue weighted by Gasteiger charge is -2.39. The first kappa shape index (κ1) is 30.5. The van der Waals surface area contributed by atoms with Gasteiger partial charge in [-0.3, -0.25) is 4.79 Å². The maximum atomic E-state index is 10.3. The van der Waals surface area contributed by atoms with E-state index in [0.717, 1.165) is 19.3 Å². The summed E-state index contributed by atoms with van der Waals surface area (Å²) >= 11 is 0. The third kappa shape index (κ3) is 11.9. The molecule has 0 amide bonds. The van der Waals surface area contributed by atoms with Crippen LogP contribution in [0.15, 0.2) is 0 Å². The van der Waals surface area contributed by atoms with Gasteiger partial charge in [0, 0.05) is 6.42 Å². The van der Waals surface area contributed by atoms with Gasteiger partial charge in [-0.2, -0.15) is 0 Å². The molecule has 1 N–H and O–H groups in total. The van der Waals surface area contributed by atoms with Gasteiger partial charge in [-0.1, -0.05) is 70.7 Å². The highest BCUT2D eigenvalue weighted by Gasteiger charge is 2.31. The van der Waals surface area contributed by atoms with E-state index in [9.17, 15) is 4.79 Å². The lowest BCUT2D eigenvalue weighted by molar-refractivity contribution is -0.137. The first-order valence-corrected chi connectivity index (χ1v) is 5.38. The van der Waals surface area contributed by atoms with Crippen LogP contribution in [0, 0.1) is 10.8 Å². The van der Waals surface area contributed by atoms with Crippen molar-refractivity contribution in [3.05, 3.63) is 0 Å². The van der Waals surface area contributed by atoms with E-state index in [-0.39, 0.29) is 40.5 Å². The van der Waals surface area contributed by atoms with Crippen molar-refractivity contribution in [2.45, 2.75) is 90.0 Å². The molecule has 0 radical (unpaired) electrons. The van der Waals surface area contributed by atoms with Gasteiger partial charge in [0.1, 0.15) is 0 Å². The highest BCUT2D eigenvalue weighted by atomic mass is 16.4. The number of hydrogen-bond donors (Lipinski definition) is 1. The van der Waals surface area contributed by atoms with Gasteiger partial charge in [0.05, 0.1) is 0 Å². The summed E-state index contributed by atoms with van der Waals surface area (Å²) < 4.78 is 0. The summed E-state index contributed by atoms with van der Waals surface area (Å²) in [6.07, 6.45) is 3.22. The number of rotatable bonds is 5. The standard InChI is InChI=1S/C12H24O2.4CH4/c1-11(2,3)12(4,5)9-7-6-8-10(13)14;;;;/h6-9H2,1-5H3,(H,13,14);4*1H4. The SMILES string of the molecule is C.C.C.C.CC(C)(C)C(C)(C)CCCCC(=O)O. The van der Waals surface area contributed by atoms with Crippen LogP contribution in [0.4, 0.5) is 0 Å². The number of unbranched alkanes of at least 4 members (excludes halogenated alkanes) is 1. The van der Waals surface area contributed by atoms with E-state index in [0.29, 0.717) is 6.42 Å².